The SMILES string of the molecule is CCOC(=O)C1CCN(C(=O)Cn2ccc(=O)c3cc(F)ccc32)CC1. The van der Waals surface area contributed by atoms with Crippen molar-refractivity contribution in [3.8, 4) is 0 Å². The van der Waals surface area contributed by atoms with Crippen molar-refractivity contribution in [1.29, 1.82) is 0 Å². The minimum Gasteiger partial charge on any atom is -0.466 e. The summed E-state index contributed by atoms with van der Waals surface area (Å²) in [6, 6.07) is 5.30. The lowest BCUT2D eigenvalue weighted by Crippen LogP contribution is -2.42. The van der Waals surface area contributed by atoms with Crippen LogP contribution < -0.4 is 5.43 Å². The Balaban J connectivity index is 1.70. The Morgan fingerprint density at radius 2 is 1.96 bits per heavy atom. The van der Waals surface area contributed by atoms with Gasteiger partial charge in [0.05, 0.1) is 18.0 Å². The van der Waals surface area contributed by atoms with Crippen molar-refractivity contribution in [2.45, 2.75) is 26.3 Å². The summed E-state index contributed by atoms with van der Waals surface area (Å²) in [5.41, 5.74) is 0.243. The molecule has 0 bridgehead atoms. The highest BCUT2D eigenvalue weighted by molar-refractivity contribution is 5.82. The number of pyridine rings is 1. The third-order valence-electron chi connectivity index (χ3n) is 4.71. The summed E-state index contributed by atoms with van der Waals surface area (Å²) >= 11 is 0. The molecule has 1 aromatic carbocycles. The number of carbonyl (C=O) groups is 2. The molecule has 138 valence electrons. The Kier molecular flexibility index (Phi) is 5.35. The quantitative estimate of drug-likeness (QED) is 0.782. The van der Waals surface area contributed by atoms with Gasteiger partial charge in [-0.1, -0.05) is 0 Å². The highest BCUT2D eigenvalue weighted by Gasteiger charge is 2.28. The molecule has 1 aliphatic rings. The third kappa shape index (κ3) is 3.76. The van der Waals surface area contributed by atoms with E-state index in [1.165, 1.54) is 24.3 Å². The fraction of sp³-hybridized carbons (Fsp3) is 0.421. The molecule has 26 heavy (non-hydrogen) atoms. The van der Waals surface area contributed by atoms with Crippen molar-refractivity contribution in [2.24, 2.45) is 5.92 Å². The van der Waals surface area contributed by atoms with E-state index in [1.54, 1.807) is 22.6 Å². The molecule has 0 N–H and O–H groups in total. The zero-order valence-electron chi connectivity index (χ0n) is 14.6. The molecule has 0 saturated carbocycles. The second-order valence-corrected chi connectivity index (χ2v) is 6.38. The number of aromatic nitrogens is 1. The van der Waals surface area contributed by atoms with Gasteiger partial charge in [0, 0.05) is 30.7 Å². The molecule has 7 heteroatoms. The molecule has 2 aromatic rings. The maximum atomic E-state index is 13.4. The first-order valence-electron chi connectivity index (χ1n) is 8.72. The number of nitrogens with zero attached hydrogens (tertiary/aromatic N) is 2. The molecule has 3 rings (SSSR count). The van der Waals surface area contributed by atoms with Gasteiger partial charge in [-0.05, 0) is 38.0 Å². The number of likely N-dealkylation sites (tertiary alicyclic amines) is 1. The third-order valence-corrected chi connectivity index (χ3v) is 4.71. The topological polar surface area (TPSA) is 68.6 Å². The van der Waals surface area contributed by atoms with Crippen molar-refractivity contribution in [1.82, 2.24) is 9.47 Å². The first-order chi connectivity index (χ1) is 12.5. The first-order valence-corrected chi connectivity index (χ1v) is 8.72. The number of hydrogen-bond donors (Lipinski definition) is 0. The number of benzene rings is 1. The van der Waals surface area contributed by atoms with Crippen LogP contribution in [0.5, 0.6) is 0 Å². The maximum absolute atomic E-state index is 13.4. The van der Waals surface area contributed by atoms with Gasteiger partial charge in [-0.2, -0.15) is 0 Å². The van der Waals surface area contributed by atoms with Crippen molar-refractivity contribution < 1.29 is 18.7 Å². The molecule has 1 aromatic heterocycles. The Morgan fingerprint density at radius 3 is 2.65 bits per heavy atom. The zero-order valence-corrected chi connectivity index (χ0v) is 14.6. The van der Waals surface area contributed by atoms with Gasteiger partial charge in [-0.15, -0.1) is 0 Å². The summed E-state index contributed by atoms with van der Waals surface area (Å²) in [4.78, 5) is 38.0. The van der Waals surface area contributed by atoms with Gasteiger partial charge < -0.3 is 14.2 Å². The van der Waals surface area contributed by atoms with Crippen molar-refractivity contribution >= 4 is 22.8 Å². The van der Waals surface area contributed by atoms with Crippen LogP contribution in [0.2, 0.25) is 0 Å². The van der Waals surface area contributed by atoms with E-state index in [9.17, 15) is 18.8 Å². The monoisotopic (exact) mass is 360 g/mol. The van der Waals surface area contributed by atoms with E-state index in [1.807, 2.05) is 0 Å². The predicted octanol–water partition coefficient (Wildman–Crippen LogP) is 1.94. The minimum atomic E-state index is -0.486. The summed E-state index contributed by atoms with van der Waals surface area (Å²) in [5.74, 6) is -0.940. The molecule has 0 unspecified atom stereocenters. The number of amides is 1. The highest BCUT2D eigenvalue weighted by Crippen LogP contribution is 2.19. The first kappa shape index (κ1) is 18.1. The number of ether oxygens (including phenoxy) is 1. The summed E-state index contributed by atoms with van der Waals surface area (Å²) < 4.78 is 20.1. The number of hydrogen-bond acceptors (Lipinski definition) is 4. The lowest BCUT2D eigenvalue weighted by Gasteiger charge is -2.31. The molecule has 6 nitrogen and oxygen atoms in total. The van der Waals surface area contributed by atoms with Crippen LogP contribution in [0, 0.1) is 11.7 Å². The summed E-state index contributed by atoms with van der Waals surface area (Å²) in [6.07, 6.45) is 2.72. The standard InChI is InChI=1S/C19H21FN2O4/c1-2-26-19(25)13-5-8-21(9-6-13)18(24)12-22-10-7-17(23)15-11-14(20)3-4-16(15)22/h3-4,7,10-11,13H,2,5-6,8-9,12H2,1H3. The maximum Gasteiger partial charge on any atom is 0.309 e. The lowest BCUT2D eigenvalue weighted by molar-refractivity contribution is -0.151. The molecule has 0 radical (unpaired) electrons. The normalized spacial score (nSPS) is 15.2. The molecular formula is C19H21FN2O4. The number of esters is 1. The fourth-order valence-corrected chi connectivity index (χ4v) is 3.29. The highest BCUT2D eigenvalue weighted by atomic mass is 19.1. The van der Waals surface area contributed by atoms with Crippen LogP contribution in [-0.2, 0) is 20.9 Å². The van der Waals surface area contributed by atoms with E-state index in [0.29, 0.717) is 38.1 Å². The molecule has 1 saturated heterocycles. The molecular weight excluding hydrogens is 339 g/mol. The fourth-order valence-electron chi connectivity index (χ4n) is 3.29. The summed E-state index contributed by atoms with van der Waals surface area (Å²) in [5, 5.41) is 0.251. The molecule has 1 fully saturated rings. The Bertz CT molecular complexity index is 885. The molecule has 1 amide bonds. The lowest BCUT2D eigenvalue weighted by atomic mass is 9.97. The molecule has 0 atom stereocenters. The van der Waals surface area contributed by atoms with E-state index >= 15 is 0 Å². The largest absolute Gasteiger partial charge is 0.466 e. The van der Waals surface area contributed by atoms with Crippen LogP contribution in [0.1, 0.15) is 19.8 Å². The van der Waals surface area contributed by atoms with Crippen LogP contribution in [0.25, 0.3) is 10.9 Å². The molecule has 0 spiro atoms. The average molecular weight is 360 g/mol. The van der Waals surface area contributed by atoms with E-state index in [0.717, 1.165) is 0 Å². The van der Waals surface area contributed by atoms with Gasteiger partial charge in [-0.25, -0.2) is 4.39 Å². The van der Waals surface area contributed by atoms with E-state index < -0.39 is 5.82 Å². The van der Waals surface area contributed by atoms with Crippen LogP contribution >= 0.6 is 0 Å². The number of carbonyl (C=O) groups excluding carboxylic acids is 2. The van der Waals surface area contributed by atoms with Gasteiger partial charge >= 0.3 is 5.97 Å². The Hall–Kier alpha value is -2.70. The molecule has 1 aliphatic heterocycles. The van der Waals surface area contributed by atoms with Gasteiger partial charge in [0.25, 0.3) is 0 Å². The van der Waals surface area contributed by atoms with E-state index in [2.05, 4.69) is 0 Å². The Labute approximate surface area is 150 Å². The zero-order chi connectivity index (χ0) is 18.7. The van der Waals surface area contributed by atoms with Crippen molar-refractivity contribution in [3.05, 3.63) is 46.5 Å². The second kappa shape index (κ2) is 7.68. The van der Waals surface area contributed by atoms with Gasteiger partial charge in [0.15, 0.2) is 5.43 Å². The van der Waals surface area contributed by atoms with Crippen molar-refractivity contribution in [2.75, 3.05) is 19.7 Å². The van der Waals surface area contributed by atoms with Gasteiger partial charge in [0.2, 0.25) is 5.91 Å². The van der Waals surface area contributed by atoms with E-state index in [4.69, 9.17) is 4.74 Å². The average Bonchev–Trinajstić information content (AvgIpc) is 2.64. The summed E-state index contributed by atoms with van der Waals surface area (Å²) in [7, 11) is 0. The summed E-state index contributed by atoms with van der Waals surface area (Å²) in [6.45, 7) is 3.19. The van der Waals surface area contributed by atoms with Gasteiger partial charge in [-0.3, -0.25) is 14.4 Å². The second-order valence-electron chi connectivity index (χ2n) is 6.38. The predicted molar refractivity (Wildman–Crippen MR) is 94.1 cm³/mol. The molecule has 2 heterocycles. The number of piperidine rings is 1. The van der Waals surface area contributed by atoms with Crippen LogP contribution in [-0.4, -0.2) is 41.0 Å². The number of fused-ring (bicyclic) bond motifs is 1. The van der Waals surface area contributed by atoms with Crippen LogP contribution in [0.3, 0.4) is 0 Å². The number of halogens is 1. The van der Waals surface area contributed by atoms with Gasteiger partial charge in [0.1, 0.15) is 12.4 Å². The molecule has 0 aliphatic carbocycles. The smallest absolute Gasteiger partial charge is 0.309 e. The number of rotatable bonds is 4. The van der Waals surface area contributed by atoms with E-state index in [-0.39, 0.29) is 35.2 Å². The Morgan fingerprint density at radius 1 is 1.23 bits per heavy atom. The minimum absolute atomic E-state index is 0.0620. The van der Waals surface area contributed by atoms with Crippen LogP contribution in [0.4, 0.5) is 4.39 Å². The van der Waals surface area contributed by atoms with Crippen molar-refractivity contribution in [3.63, 3.8) is 0 Å². The van der Waals surface area contributed by atoms with Crippen LogP contribution in [0.15, 0.2) is 35.3 Å².